The minimum atomic E-state index is -0.399. The molecule has 4 aliphatic carbocycles. The van der Waals surface area contributed by atoms with E-state index in [4.69, 9.17) is 0 Å². The molecule has 7 atom stereocenters. The first-order valence-corrected chi connectivity index (χ1v) is 15.1. The van der Waals surface area contributed by atoms with E-state index < -0.39 is 5.60 Å². The highest BCUT2D eigenvalue weighted by atomic mass is 16.3. The van der Waals surface area contributed by atoms with Crippen LogP contribution in [0.5, 0.6) is 0 Å². The second-order valence-electron chi connectivity index (χ2n) is 13.4. The topological polar surface area (TPSA) is 37.3 Å². The summed E-state index contributed by atoms with van der Waals surface area (Å²) in [7, 11) is 0. The molecule has 0 aromatic rings. The number of ketones is 1. The monoisotopic (exact) mass is 458 g/mol. The molecule has 4 fully saturated rings. The van der Waals surface area contributed by atoms with Crippen molar-refractivity contribution in [1.82, 2.24) is 0 Å². The molecule has 0 bridgehead atoms. The normalized spacial score (nSPS) is 42.6. The van der Waals surface area contributed by atoms with Crippen molar-refractivity contribution in [2.75, 3.05) is 0 Å². The molecule has 0 aromatic heterocycles. The Kier molecular flexibility index (Phi) is 8.35. The lowest BCUT2D eigenvalue weighted by Gasteiger charge is -2.61. The maximum atomic E-state index is 12.7. The van der Waals surface area contributed by atoms with E-state index in [2.05, 4.69) is 20.8 Å². The highest BCUT2D eigenvalue weighted by Crippen LogP contribution is 2.66. The summed E-state index contributed by atoms with van der Waals surface area (Å²) in [6.45, 7) is 7.16. The Balaban J connectivity index is 1.22. The summed E-state index contributed by atoms with van der Waals surface area (Å²) < 4.78 is 0. The minimum absolute atomic E-state index is 0.00469. The van der Waals surface area contributed by atoms with Crippen LogP contribution in [0.25, 0.3) is 0 Å². The predicted molar refractivity (Wildman–Crippen MR) is 138 cm³/mol. The molecule has 1 N–H and O–H groups in total. The van der Waals surface area contributed by atoms with Gasteiger partial charge in [0.2, 0.25) is 0 Å². The average Bonchev–Trinajstić information content (AvgIpc) is 3.10. The zero-order valence-corrected chi connectivity index (χ0v) is 22.3. The second-order valence-corrected chi connectivity index (χ2v) is 13.4. The molecular formula is C31H54O2. The van der Waals surface area contributed by atoms with Gasteiger partial charge in [-0.25, -0.2) is 0 Å². The van der Waals surface area contributed by atoms with Crippen molar-refractivity contribution in [2.24, 2.45) is 34.5 Å². The van der Waals surface area contributed by atoms with Crippen LogP contribution >= 0.6 is 0 Å². The first kappa shape index (κ1) is 25.7. The smallest absolute Gasteiger partial charge is 0.139 e. The number of hydrogen-bond donors (Lipinski definition) is 1. The molecule has 0 aliphatic heterocycles. The number of fused-ring (bicyclic) bond motifs is 5. The van der Waals surface area contributed by atoms with E-state index in [-0.39, 0.29) is 5.41 Å². The van der Waals surface area contributed by atoms with Crippen LogP contribution < -0.4 is 0 Å². The third-order valence-electron chi connectivity index (χ3n) is 11.5. The van der Waals surface area contributed by atoms with Gasteiger partial charge in [0.1, 0.15) is 5.78 Å². The van der Waals surface area contributed by atoms with Gasteiger partial charge in [0.15, 0.2) is 0 Å². The predicted octanol–water partition coefficient (Wildman–Crippen LogP) is 8.64. The molecule has 4 aliphatic rings. The molecule has 33 heavy (non-hydrogen) atoms. The van der Waals surface area contributed by atoms with Crippen molar-refractivity contribution in [2.45, 2.75) is 155 Å². The lowest BCUT2D eigenvalue weighted by Crippen LogP contribution is -2.56. The number of carbonyl (C=O) groups excluding carboxylic acids is 1. The SMILES string of the molecule is CCCCCCCCCCCC[C@@]1(O)CC[C@@]2(C)C(CC[C@@H]3[C@@H]2CC[C@]2(C)C(=O)CC[C@@H]32)C1. The number of aliphatic hydroxyl groups is 1. The number of rotatable bonds is 11. The van der Waals surface area contributed by atoms with Gasteiger partial charge in [0.25, 0.3) is 0 Å². The highest BCUT2D eigenvalue weighted by molar-refractivity contribution is 5.87. The Hall–Kier alpha value is -0.370. The Morgan fingerprint density at radius 2 is 1.45 bits per heavy atom. The molecular weight excluding hydrogens is 404 g/mol. The summed E-state index contributed by atoms with van der Waals surface area (Å²) >= 11 is 0. The summed E-state index contributed by atoms with van der Waals surface area (Å²) in [5.74, 6) is 3.47. The van der Waals surface area contributed by atoms with Crippen LogP contribution in [0.3, 0.4) is 0 Å². The van der Waals surface area contributed by atoms with E-state index >= 15 is 0 Å². The fourth-order valence-corrected chi connectivity index (χ4v) is 9.26. The first-order valence-electron chi connectivity index (χ1n) is 15.1. The molecule has 4 saturated carbocycles. The Labute approximate surface area is 205 Å². The van der Waals surface area contributed by atoms with Crippen molar-refractivity contribution in [1.29, 1.82) is 0 Å². The summed E-state index contributed by atoms with van der Waals surface area (Å²) in [4.78, 5) is 12.7. The minimum Gasteiger partial charge on any atom is -0.390 e. The number of carbonyl (C=O) groups is 1. The molecule has 0 radical (unpaired) electrons. The standard InChI is InChI=1S/C31H54O2/c1-4-5-6-7-8-9-10-11-12-13-19-31(33)22-21-29(2)24(23-31)14-15-25-26-16-17-28(32)30(26,3)20-18-27(25)29/h24-27,33H,4-23H2,1-3H3/t24?,25-,26-,27-,29-,30-,31+/m0/s1. The molecule has 0 aromatic carbocycles. The van der Waals surface area contributed by atoms with Gasteiger partial charge in [0, 0.05) is 11.8 Å². The van der Waals surface area contributed by atoms with Crippen molar-refractivity contribution in [3.63, 3.8) is 0 Å². The average molecular weight is 459 g/mol. The van der Waals surface area contributed by atoms with Crippen molar-refractivity contribution in [3.8, 4) is 0 Å². The molecule has 190 valence electrons. The summed E-state index contributed by atoms with van der Waals surface area (Å²) in [5, 5.41) is 11.5. The van der Waals surface area contributed by atoms with Crippen LogP contribution in [0.2, 0.25) is 0 Å². The van der Waals surface area contributed by atoms with Crippen LogP contribution in [0.4, 0.5) is 0 Å². The quantitative estimate of drug-likeness (QED) is 0.314. The van der Waals surface area contributed by atoms with Gasteiger partial charge in [-0.1, -0.05) is 85.0 Å². The zero-order chi connectivity index (χ0) is 23.5. The lowest BCUT2D eigenvalue weighted by atomic mass is 9.44. The molecule has 2 heteroatoms. The second kappa shape index (κ2) is 10.7. The van der Waals surface area contributed by atoms with E-state index in [1.807, 2.05) is 0 Å². The van der Waals surface area contributed by atoms with Crippen LogP contribution in [0, 0.1) is 34.5 Å². The Bertz CT molecular complexity index is 657. The van der Waals surface area contributed by atoms with Gasteiger partial charge < -0.3 is 5.11 Å². The molecule has 0 spiro atoms. The maximum Gasteiger partial charge on any atom is 0.139 e. The fourth-order valence-electron chi connectivity index (χ4n) is 9.26. The molecule has 2 nitrogen and oxygen atoms in total. The fraction of sp³-hybridized carbons (Fsp3) is 0.968. The summed E-state index contributed by atoms with van der Waals surface area (Å²) in [6, 6.07) is 0. The number of unbranched alkanes of at least 4 members (excludes halogenated alkanes) is 9. The van der Waals surface area contributed by atoms with E-state index in [1.165, 1.54) is 89.9 Å². The van der Waals surface area contributed by atoms with Gasteiger partial charge >= 0.3 is 0 Å². The van der Waals surface area contributed by atoms with Crippen molar-refractivity contribution in [3.05, 3.63) is 0 Å². The third kappa shape index (κ3) is 5.26. The van der Waals surface area contributed by atoms with Crippen molar-refractivity contribution < 1.29 is 9.90 Å². The first-order chi connectivity index (χ1) is 15.8. The third-order valence-corrected chi connectivity index (χ3v) is 11.5. The lowest BCUT2D eigenvalue weighted by molar-refractivity contribution is -0.155. The molecule has 1 unspecified atom stereocenters. The number of hydrogen-bond acceptors (Lipinski definition) is 2. The van der Waals surface area contributed by atoms with Crippen LogP contribution in [0.15, 0.2) is 0 Å². The summed E-state index contributed by atoms with van der Waals surface area (Å²) in [6.07, 6.45) is 24.9. The van der Waals surface area contributed by atoms with Crippen LogP contribution in [0.1, 0.15) is 149 Å². The van der Waals surface area contributed by atoms with Crippen LogP contribution in [-0.2, 0) is 4.79 Å². The molecule has 0 amide bonds. The zero-order valence-electron chi connectivity index (χ0n) is 22.3. The Morgan fingerprint density at radius 1 is 0.788 bits per heavy atom. The van der Waals surface area contributed by atoms with Gasteiger partial charge in [-0.15, -0.1) is 0 Å². The summed E-state index contributed by atoms with van der Waals surface area (Å²) in [5.41, 5.74) is -0.00116. The number of Topliss-reactive ketones (excluding diaryl/α,β-unsaturated/α-hetero) is 1. The van der Waals surface area contributed by atoms with E-state index in [1.54, 1.807) is 0 Å². The van der Waals surface area contributed by atoms with Gasteiger partial charge in [0.05, 0.1) is 5.60 Å². The largest absolute Gasteiger partial charge is 0.390 e. The van der Waals surface area contributed by atoms with Crippen molar-refractivity contribution >= 4 is 5.78 Å². The molecule has 0 saturated heterocycles. The van der Waals surface area contributed by atoms with Gasteiger partial charge in [-0.3, -0.25) is 4.79 Å². The van der Waals surface area contributed by atoms with Crippen LogP contribution in [-0.4, -0.2) is 16.5 Å². The Morgan fingerprint density at radius 3 is 2.15 bits per heavy atom. The molecule has 4 rings (SSSR count). The highest BCUT2D eigenvalue weighted by Gasteiger charge is 2.61. The molecule has 0 heterocycles. The van der Waals surface area contributed by atoms with E-state index in [0.717, 1.165) is 50.4 Å². The van der Waals surface area contributed by atoms with Gasteiger partial charge in [-0.2, -0.15) is 0 Å². The van der Waals surface area contributed by atoms with E-state index in [9.17, 15) is 9.90 Å². The maximum absolute atomic E-state index is 12.7. The van der Waals surface area contributed by atoms with E-state index in [0.29, 0.717) is 23.0 Å². The van der Waals surface area contributed by atoms with Gasteiger partial charge in [-0.05, 0) is 86.9 Å².